The van der Waals surface area contributed by atoms with Gasteiger partial charge in [-0.05, 0) is 19.8 Å². The van der Waals surface area contributed by atoms with Crippen molar-refractivity contribution in [3.63, 3.8) is 0 Å². The first-order valence-electron chi connectivity index (χ1n) is 6.44. The fraction of sp³-hybridized carbons (Fsp3) is 0.583. The Hall–Kier alpha value is -1.85. The fourth-order valence-electron chi connectivity index (χ4n) is 2.42. The van der Waals surface area contributed by atoms with Gasteiger partial charge >= 0.3 is 0 Å². The molecule has 0 unspecified atom stereocenters. The molecule has 2 aromatic heterocycles. The Morgan fingerprint density at radius 1 is 1.28 bits per heavy atom. The fourth-order valence-corrected chi connectivity index (χ4v) is 2.42. The van der Waals surface area contributed by atoms with Crippen LogP contribution < -0.4 is 5.73 Å². The number of anilines is 1. The number of aromatic nitrogens is 5. The third kappa shape index (κ3) is 1.98. The summed E-state index contributed by atoms with van der Waals surface area (Å²) in [5.41, 5.74) is 7.40. The lowest BCUT2D eigenvalue weighted by Gasteiger charge is -2.06. The molecule has 0 aliphatic carbocycles. The molecule has 3 rings (SSSR count). The first-order chi connectivity index (χ1) is 8.74. The molecule has 0 amide bonds. The molecule has 0 saturated carbocycles. The number of nitrogens with zero attached hydrogens (tertiary/aromatic N) is 5. The van der Waals surface area contributed by atoms with E-state index in [4.69, 9.17) is 5.73 Å². The van der Waals surface area contributed by atoms with E-state index in [0.29, 0.717) is 6.54 Å². The van der Waals surface area contributed by atoms with Crippen molar-refractivity contribution in [3.8, 4) is 0 Å². The zero-order chi connectivity index (χ0) is 12.5. The highest BCUT2D eigenvalue weighted by Crippen LogP contribution is 2.15. The molecule has 3 heterocycles. The van der Waals surface area contributed by atoms with Crippen LogP contribution in [0.15, 0.2) is 6.20 Å². The minimum absolute atomic E-state index is 0.644. The van der Waals surface area contributed by atoms with E-state index in [0.717, 1.165) is 36.0 Å². The van der Waals surface area contributed by atoms with Gasteiger partial charge in [0, 0.05) is 19.2 Å². The van der Waals surface area contributed by atoms with Gasteiger partial charge in [-0.25, -0.2) is 0 Å². The van der Waals surface area contributed by atoms with Crippen molar-refractivity contribution < 1.29 is 0 Å². The molecule has 0 radical (unpaired) electrons. The third-order valence-electron chi connectivity index (χ3n) is 3.47. The molecule has 18 heavy (non-hydrogen) atoms. The second-order valence-electron chi connectivity index (χ2n) is 4.86. The molecule has 6 nitrogen and oxygen atoms in total. The number of nitrogen functional groups attached to an aromatic ring is 1. The van der Waals surface area contributed by atoms with Crippen LogP contribution in [-0.4, -0.2) is 24.5 Å². The predicted molar refractivity (Wildman–Crippen MR) is 68.1 cm³/mol. The van der Waals surface area contributed by atoms with Gasteiger partial charge < -0.3 is 10.3 Å². The lowest BCUT2D eigenvalue weighted by Crippen LogP contribution is -2.10. The summed E-state index contributed by atoms with van der Waals surface area (Å²) in [5, 5.41) is 12.9. The van der Waals surface area contributed by atoms with E-state index in [1.165, 1.54) is 19.3 Å². The van der Waals surface area contributed by atoms with Crippen LogP contribution in [0, 0.1) is 6.92 Å². The Morgan fingerprint density at radius 3 is 2.94 bits per heavy atom. The summed E-state index contributed by atoms with van der Waals surface area (Å²) in [5.74, 6) is 2.09. The normalized spacial score (nSPS) is 15.4. The molecule has 96 valence electrons. The van der Waals surface area contributed by atoms with Gasteiger partial charge in [-0.2, -0.15) is 5.10 Å². The maximum absolute atomic E-state index is 5.81. The molecule has 0 saturated heterocycles. The molecule has 2 aromatic rings. The van der Waals surface area contributed by atoms with Crippen molar-refractivity contribution >= 4 is 5.69 Å². The molecular weight excluding hydrogens is 228 g/mol. The van der Waals surface area contributed by atoms with Crippen molar-refractivity contribution in [3.05, 3.63) is 23.5 Å². The lowest BCUT2D eigenvalue weighted by molar-refractivity contribution is 0.567. The first-order valence-corrected chi connectivity index (χ1v) is 6.44. The molecule has 0 spiro atoms. The third-order valence-corrected chi connectivity index (χ3v) is 3.47. The van der Waals surface area contributed by atoms with Gasteiger partial charge in [0.15, 0.2) is 5.82 Å². The van der Waals surface area contributed by atoms with E-state index in [1.807, 2.05) is 17.8 Å². The Morgan fingerprint density at radius 2 is 2.17 bits per heavy atom. The SMILES string of the molecule is Cc1nn(Cc2nnc3n2CCCCC3)cc1N. The van der Waals surface area contributed by atoms with Gasteiger partial charge in [0.25, 0.3) is 0 Å². The minimum atomic E-state index is 0.644. The van der Waals surface area contributed by atoms with Gasteiger partial charge in [0.05, 0.1) is 11.4 Å². The van der Waals surface area contributed by atoms with Crippen LogP contribution in [0.2, 0.25) is 0 Å². The summed E-state index contributed by atoms with van der Waals surface area (Å²) >= 11 is 0. The van der Waals surface area contributed by atoms with Crippen LogP contribution in [0.5, 0.6) is 0 Å². The van der Waals surface area contributed by atoms with Gasteiger partial charge in [-0.3, -0.25) is 4.68 Å². The van der Waals surface area contributed by atoms with E-state index in [1.54, 1.807) is 0 Å². The van der Waals surface area contributed by atoms with E-state index in [-0.39, 0.29) is 0 Å². The number of rotatable bonds is 2. The maximum Gasteiger partial charge on any atom is 0.154 e. The maximum atomic E-state index is 5.81. The van der Waals surface area contributed by atoms with Gasteiger partial charge in [-0.15, -0.1) is 10.2 Å². The summed E-state index contributed by atoms with van der Waals surface area (Å²) in [6.07, 6.45) is 6.59. The zero-order valence-corrected chi connectivity index (χ0v) is 10.6. The number of aryl methyl sites for hydroxylation is 2. The second-order valence-corrected chi connectivity index (χ2v) is 4.86. The average Bonchev–Trinajstić information content (AvgIpc) is 2.76. The highest BCUT2D eigenvalue weighted by Gasteiger charge is 2.15. The Bertz CT molecular complexity index is 533. The summed E-state index contributed by atoms with van der Waals surface area (Å²) in [6, 6.07) is 0. The zero-order valence-electron chi connectivity index (χ0n) is 10.6. The molecular formula is C12H18N6. The standard InChI is InChI=1S/C12H18N6/c1-9-10(13)7-17(16-9)8-12-15-14-11-5-3-2-4-6-18(11)12/h7H,2-6,8,13H2,1H3. The Labute approximate surface area is 106 Å². The topological polar surface area (TPSA) is 74.5 Å². The average molecular weight is 246 g/mol. The molecule has 1 aliphatic rings. The van der Waals surface area contributed by atoms with Gasteiger partial charge in [0.1, 0.15) is 12.4 Å². The van der Waals surface area contributed by atoms with E-state index in [2.05, 4.69) is 19.9 Å². The Balaban J connectivity index is 1.86. The van der Waals surface area contributed by atoms with Crippen LogP contribution in [-0.2, 0) is 19.5 Å². The van der Waals surface area contributed by atoms with Crippen LogP contribution in [0.25, 0.3) is 0 Å². The summed E-state index contributed by atoms with van der Waals surface area (Å²) < 4.78 is 4.08. The molecule has 0 bridgehead atoms. The van der Waals surface area contributed by atoms with E-state index >= 15 is 0 Å². The van der Waals surface area contributed by atoms with Crippen molar-refractivity contribution in [2.24, 2.45) is 0 Å². The molecule has 0 atom stereocenters. The molecule has 1 aliphatic heterocycles. The number of hydrogen-bond acceptors (Lipinski definition) is 4. The van der Waals surface area contributed by atoms with Gasteiger partial charge in [-0.1, -0.05) is 6.42 Å². The minimum Gasteiger partial charge on any atom is -0.396 e. The van der Waals surface area contributed by atoms with Crippen molar-refractivity contribution in [2.75, 3.05) is 5.73 Å². The van der Waals surface area contributed by atoms with Crippen LogP contribution in [0.1, 0.15) is 36.6 Å². The van der Waals surface area contributed by atoms with Crippen LogP contribution in [0.4, 0.5) is 5.69 Å². The van der Waals surface area contributed by atoms with Gasteiger partial charge in [0.2, 0.25) is 0 Å². The summed E-state index contributed by atoms with van der Waals surface area (Å²) in [7, 11) is 0. The largest absolute Gasteiger partial charge is 0.396 e. The molecule has 0 aromatic carbocycles. The molecule has 6 heteroatoms. The highest BCUT2D eigenvalue weighted by atomic mass is 15.3. The number of nitrogens with two attached hydrogens (primary N) is 1. The molecule has 2 N–H and O–H groups in total. The summed E-state index contributed by atoms with van der Waals surface area (Å²) in [6.45, 7) is 3.58. The van der Waals surface area contributed by atoms with Crippen molar-refractivity contribution in [1.82, 2.24) is 24.5 Å². The van der Waals surface area contributed by atoms with E-state index < -0.39 is 0 Å². The van der Waals surface area contributed by atoms with E-state index in [9.17, 15) is 0 Å². The smallest absolute Gasteiger partial charge is 0.154 e. The lowest BCUT2D eigenvalue weighted by atomic mass is 10.2. The monoisotopic (exact) mass is 246 g/mol. The first kappa shape index (κ1) is 11.3. The molecule has 0 fully saturated rings. The number of fused-ring (bicyclic) bond motifs is 1. The predicted octanol–water partition coefficient (Wildman–Crippen LogP) is 1.14. The second kappa shape index (κ2) is 4.44. The quantitative estimate of drug-likeness (QED) is 0.862. The van der Waals surface area contributed by atoms with Crippen molar-refractivity contribution in [1.29, 1.82) is 0 Å². The summed E-state index contributed by atoms with van der Waals surface area (Å²) in [4.78, 5) is 0. The van der Waals surface area contributed by atoms with Crippen LogP contribution >= 0.6 is 0 Å². The Kier molecular flexibility index (Phi) is 2.77. The van der Waals surface area contributed by atoms with Crippen LogP contribution in [0.3, 0.4) is 0 Å². The highest BCUT2D eigenvalue weighted by molar-refractivity contribution is 5.39. The van der Waals surface area contributed by atoms with Crippen molar-refractivity contribution in [2.45, 2.75) is 45.7 Å². The number of hydrogen-bond donors (Lipinski definition) is 1.